The van der Waals surface area contributed by atoms with E-state index in [2.05, 4.69) is 5.32 Å². The largest absolute Gasteiger partial charge is 0.444 e. The van der Waals surface area contributed by atoms with Crippen LogP contribution in [0, 0.1) is 6.92 Å². The van der Waals surface area contributed by atoms with Gasteiger partial charge < -0.3 is 10.1 Å². The zero-order valence-electron chi connectivity index (χ0n) is 17.1. The number of aryl methyl sites for hydroxylation is 1. The Hall–Kier alpha value is -2.96. The van der Waals surface area contributed by atoms with E-state index in [1.54, 1.807) is 79.7 Å². The molecule has 0 radical (unpaired) electrons. The quantitative estimate of drug-likeness (QED) is 0.490. The highest BCUT2D eigenvalue weighted by Gasteiger charge is 2.27. The predicted molar refractivity (Wildman–Crippen MR) is 123 cm³/mol. The van der Waals surface area contributed by atoms with E-state index in [-0.39, 0.29) is 5.56 Å². The van der Waals surface area contributed by atoms with Crippen LogP contribution in [0.3, 0.4) is 0 Å². The van der Waals surface area contributed by atoms with Crippen molar-refractivity contribution >= 4 is 40.0 Å². The first-order valence-electron chi connectivity index (χ1n) is 9.71. The second-order valence-electron chi connectivity index (χ2n) is 6.78. The third-order valence-electron chi connectivity index (χ3n) is 4.62. The first-order valence-corrected chi connectivity index (χ1v) is 11.4. The van der Waals surface area contributed by atoms with Gasteiger partial charge in [0.2, 0.25) is 6.10 Å². The Morgan fingerprint density at radius 3 is 2.39 bits per heavy atom. The van der Waals surface area contributed by atoms with Crippen molar-refractivity contribution < 1.29 is 18.5 Å². The van der Waals surface area contributed by atoms with E-state index < -0.39 is 28.8 Å². The fraction of sp³-hybridized carbons (Fsp3) is 0.167. The molecule has 2 atom stereocenters. The SMILES string of the molecule is CC[S@](=O)c1ccccc1C(=O)O[C@H](C(=O)Nc1ccc(C)c(Cl)c1)c1ccccc1. The highest BCUT2D eigenvalue weighted by atomic mass is 35.5. The molecule has 0 saturated carbocycles. The van der Waals surface area contributed by atoms with Gasteiger partial charge in [0.25, 0.3) is 5.91 Å². The van der Waals surface area contributed by atoms with Gasteiger partial charge in [-0.05, 0) is 36.8 Å². The second kappa shape index (κ2) is 10.4. The van der Waals surface area contributed by atoms with Crippen LogP contribution >= 0.6 is 11.6 Å². The summed E-state index contributed by atoms with van der Waals surface area (Å²) in [6, 6.07) is 20.4. The predicted octanol–water partition coefficient (Wildman–Crippen LogP) is 5.31. The number of anilines is 1. The van der Waals surface area contributed by atoms with Crippen LogP contribution in [0.1, 0.15) is 34.5 Å². The molecule has 3 rings (SSSR count). The molecule has 0 fully saturated rings. The van der Waals surface area contributed by atoms with Crippen LogP contribution in [0.2, 0.25) is 5.02 Å². The van der Waals surface area contributed by atoms with Gasteiger partial charge in [-0.25, -0.2) is 4.79 Å². The third kappa shape index (κ3) is 5.60. The Kier molecular flexibility index (Phi) is 7.60. The van der Waals surface area contributed by atoms with Crippen molar-refractivity contribution in [2.45, 2.75) is 24.8 Å². The molecule has 0 unspecified atom stereocenters. The van der Waals surface area contributed by atoms with Crippen LogP contribution in [0.15, 0.2) is 77.7 Å². The molecule has 0 bridgehead atoms. The molecule has 0 aromatic heterocycles. The minimum atomic E-state index is -1.34. The molecule has 1 N–H and O–H groups in total. The van der Waals surface area contributed by atoms with Gasteiger partial charge in [0.1, 0.15) is 0 Å². The molecule has 7 heteroatoms. The van der Waals surface area contributed by atoms with E-state index in [1.807, 2.05) is 6.92 Å². The Morgan fingerprint density at radius 2 is 1.71 bits per heavy atom. The Bertz CT molecular complexity index is 1120. The van der Waals surface area contributed by atoms with Gasteiger partial charge in [-0.1, -0.05) is 67.1 Å². The lowest BCUT2D eigenvalue weighted by Gasteiger charge is -2.19. The highest BCUT2D eigenvalue weighted by molar-refractivity contribution is 7.85. The van der Waals surface area contributed by atoms with Crippen molar-refractivity contribution in [3.05, 3.63) is 94.5 Å². The number of rotatable bonds is 7. The van der Waals surface area contributed by atoms with Gasteiger partial charge in [-0.2, -0.15) is 0 Å². The maximum Gasteiger partial charge on any atom is 0.340 e. The smallest absolute Gasteiger partial charge is 0.340 e. The highest BCUT2D eigenvalue weighted by Crippen LogP contribution is 2.25. The van der Waals surface area contributed by atoms with E-state index in [0.717, 1.165) is 5.56 Å². The van der Waals surface area contributed by atoms with Crippen LogP contribution in [-0.2, 0) is 20.3 Å². The summed E-state index contributed by atoms with van der Waals surface area (Å²) in [4.78, 5) is 26.4. The lowest BCUT2D eigenvalue weighted by Crippen LogP contribution is -2.26. The molecular weight excluding hydrogens is 434 g/mol. The number of carbonyl (C=O) groups is 2. The summed E-state index contributed by atoms with van der Waals surface area (Å²) in [5, 5.41) is 3.27. The van der Waals surface area contributed by atoms with E-state index in [1.165, 1.54) is 0 Å². The summed E-state index contributed by atoms with van der Waals surface area (Å²) in [6.45, 7) is 3.63. The lowest BCUT2D eigenvalue weighted by molar-refractivity contribution is -0.125. The number of carbonyl (C=O) groups excluding carboxylic acids is 2. The lowest BCUT2D eigenvalue weighted by atomic mass is 10.1. The van der Waals surface area contributed by atoms with Crippen LogP contribution in [0.4, 0.5) is 5.69 Å². The summed E-state index contributed by atoms with van der Waals surface area (Å²) in [5.41, 5.74) is 2.06. The van der Waals surface area contributed by atoms with Gasteiger partial charge in [0.05, 0.1) is 21.3 Å². The van der Waals surface area contributed by atoms with Crippen LogP contribution in [0.25, 0.3) is 0 Å². The summed E-state index contributed by atoms with van der Waals surface area (Å²) >= 11 is 6.15. The van der Waals surface area contributed by atoms with Gasteiger partial charge in [-0.15, -0.1) is 0 Å². The number of halogens is 1. The minimum Gasteiger partial charge on any atom is -0.444 e. The van der Waals surface area contributed by atoms with Crippen LogP contribution < -0.4 is 5.32 Å². The molecule has 160 valence electrons. The summed E-state index contributed by atoms with van der Waals surface area (Å²) in [7, 11) is -1.34. The molecule has 5 nitrogen and oxygen atoms in total. The van der Waals surface area contributed by atoms with Crippen molar-refractivity contribution in [3.8, 4) is 0 Å². The normalized spacial score (nSPS) is 12.6. The first-order chi connectivity index (χ1) is 14.9. The number of amides is 1. The van der Waals surface area contributed by atoms with Crippen molar-refractivity contribution in [3.63, 3.8) is 0 Å². The Balaban J connectivity index is 1.90. The Labute approximate surface area is 188 Å². The molecule has 0 aliphatic heterocycles. The summed E-state index contributed by atoms with van der Waals surface area (Å²) in [5.74, 6) is -0.877. The van der Waals surface area contributed by atoms with Crippen LogP contribution in [-0.4, -0.2) is 21.8 Å². The van der Waals surface area contributed by atoms with E-state index in [4.69, 9.17) is 16.3 Å². The zero-order valence-corrected chi connectivity index (χ0v) is 18.7. The van der Waals surface area contributed by atoms with Gasteiger partial charge in [0, 0.05) is 22.0 Å². The third-order valence-corrected chi connectivity index (χ3v) is 6.40. The average Bonchev–Trinajstić information content (AvgIpc) is 2.79. The standard InChI is InChI=1S/C24H22ClNO4S/c1-3-31(29)21-12-8-7-11-19(21)24(28)30-22(17-9-5-4-6-10-17)23(27)26-18-14-13-16(2)20(25)15-18/h4-15,22H,3H2,1-2H3,(H,26,27)/t22-,31-/m0/s1. The molecular formula is C24H22ClNO4S. The average molecular weight is 456 g/mol. The molecule has 31 heavy (non-hydrogen) atoms. The first kappa shape index (κ1) is 22.7. The molecule has 0 spiro atoms. The van der Waals surface area contributed by atoms with Crippen LogP contribution in [0.5, 0.6) is 0 Å². The number of benzene rings is 3. The Morgan fingerprint density at radius 1 is 1.03 bits per heavy atom. The number of nitrogens with one attached hydrogen (secondary N) is 1. The summed E-state index contributed by atoms with van der Waals surface area (Å²) in [6.07, 6.45) is -1.20. The van der Waals surface area contributed by atoms with Gasteiger partial charge in [0.15, 0.2) is 0 Å². The number of ether oxygens (including phenoxy) is 1. The van der Waals surface area contributed by atoms with Crippen molar-refractivity contribution in [1.82, 2.24) is 0 Å². The van der Waals surface area contributed by atoms with E-state index in [9.17, 15) is 13.8 Å². The van der Waals surface area contributed by atoms with Gasteiger partial charge in [-0.3, -0.25) is 9.00 Å². The van der Waals surface area contributed by atoms with Crippen molar-refractivity contribution in [2.75, 3.05) is 11.1 Å². The molecule has 0 aliphatic rings. The van der Waals surface area contributed by atoms with E-state index in [0.29, 0.717) is 26.9 Å². The van der Waals surface area contributed by atoms with Crippen molar-refractivity contribution in [1.29, 1.82) is 0 Å². The zero-order chi connectivity index (χ0) is 22.4. The minimum absolute atomic E-state index is 0.176. The molecule has 0 saturated heterocycles. The fourth-order valence-electron chi connectivity index (χ4n) is 2.94. The number of hydrogen-bond donors (Lipinski definition) is 1. The van der Waals surface area contributed by atoms with Gasteiger partial charge >= 0.3 is 5.97 Å². The number of hydrogen-bond acceptors (Lipinski definition) is 4. The second-order valence-corrected chi connectivity index (χ2v) is 8.90. The maximum absolute atomic E-state index is 13.1. The van der Waals surface area contributed by atoms with Crippen molar-refractivity contribution in [2.24, 2.45) is 0 Å². The molecule has 1 amide bonds. The monoisotopic (exact) mass is 455 g/mol. The number of esters is 1. The van der Waals surface area contributed by atoms with E-state index >= 15 is 0 Å². The molecule has 3 aromatic rings. The summed E-state index contributed by atoms with van der Waals surface area (Å²) < 4.78 is 18.0. The topological polar surface area (TPSA) is 72.5 Å². The molecule has 3 aromatic carbocycles. The molecule has 0 heterocycles. The maximum atomic E-state index is 13.1. The fourth-order valence-corrected chi connectivity index (χ4v) is 4.06. The molecule has 0 aliphatic carbocycles.